The zero-order chi connectivity index (χ0) is 15.9. The molecule has 0 saturated carbocycles. The number of anilines is 2. The molecule has 2 N–H and O–H groups in total. The smallest absolute Gasteiger partial charge is 0.258 e. The third-order valence-electron chi connectivity index (χ3n) is 3.05. The van der Waals surface area contributed by atoms with Crippen molar-refractivity contribution in [2.24, 2.45) is 0 Å². The average molecular weight is 300 g/mol. The maximum Gasteiger partial charge on any atom is 0.258 e. The van der Waals surface area contributed by atoms with E-state index in [-0.39, 0.29) is 5.91 Å². The lowest BCUT2D eigenvalue weighted by Crippen LogP contribution is -2.14. The number of nitrogens with zero attached hydrogens (tertiary/aromatic N) is 2. The average Bonchev–Trinajstić information content (AvgIpc) is 2.53. The van der Waals surface area contributed by atoms with E-state index in [0.717, 1.165) is 18.5 Å². The number of carbonyl (C=O) groups excluding carboxylic acids is 1. The van der Waals surface area contributed by atoms with Crippen LogP contribution in [0.25, 0.3) is 0 Å². The van der Waals surface area contributed by atoms with Crippen LogP contribution in [-0.4, -0.2) is 29.5 Å². The van der Waals surface area contributed by atoms with Gasteiger partial charge in [-0.15, -0.1) is 0 Å². The van der Waals surface area contributed by atoms with E-state index in [1.54, 1.807) is 7.11 Å². The van der Waals surface area contributed by atoms with Crippen LogP contribution >= 0.6 is 0 Å². The summed E-state index contributed by atoms with van der Waals surface area (Å²) in [7, 11) is 1.57. The second kappa shape index (κ2) is 7.40. The third-order valence-corrected chi connectivity index (χ3v) is 3.05. The van der Waals surface area contributed by atoms with Crippen molar-refractivity contribution in [3.05, 3.63) is 41.7 Å². The zero-order valence-corrected chi connectivity index (χ0v) is 13.0. The number of aryl methyl sites for hydroxylation is 1. The van der Waals surface area contributed by atoms with Gasteiger partial charge in [-0.25, -0.2) is 9.97 Å². The molecule has 1 aromatic carbocycles. The van der Waals surface area contributed by atoms with Crippen molar-refractivity contribution >= 4 is 17.5 Å². The van der Waals surface area contributed by atoms with Gasteiger partial charge in [-0.3, -0.25) is 4.79 Å². The van der Waals surface area contributed by atoms with Crippen molar-refractivity contribution < 1.29 is 9.53 Å². The summed E-state index contributed by atoms with van der Waals surface area (Å²) in [5, 5.41) is 5.88. The number of methoxy groups -OCH3 is 1. The normalized spacial score (nSPS) is 10.1. The molecule has 0 spiro atoms. The van der Waals surface area contributed by atoms with E-state index in [0.29, 0.717) is 22.9 Å². The highest BCUT2D eigenvalue weighted by Crippen LogP contribution is 2.25. The van der Waals surface area contributed by atoms with Gasteiger partial charge in [0.2, 0.25) is 5.95 Å². The van der Waals surface area contributed by atoms with E-state index in [4.69, 9.17) is 4.74 Å². The standard InChI is InChI=1S/C16H20N4O2/c1-4-7-17-16-18-9-12(10-19-16)15(21)20-13-8-11(2)5-6-14(13)22-3/h5-6,8-10H,4,7H2,1-3H3,(H,20,21)(H,17,18,19). The Hall–Kier alpha value is -2.63. The van der Waals surface area contributed by atoms with Gasteiger partial charge in [-0.1, -0.05) is 13.0 Å². The molecule has 0 radical (unpaired) electrons. The topological polar surface area (TPSA) is 76.1 Å². The van der Waals surface area contributed by atoms with E-state index in [2.05, 4.69) is 27.5 Å². The van der Waals surface area contributed by atoms with Gasteiger partial charge in [0, 0.05) is 18.9 Å². The Labute approximate surface area is 129 Å². The minimum absolute atomic E-state index is 0.272. The first-order valence-electron chi connectivity index (χ1n) is 7.16. The Kier molecular flexibility index (Phi) is 5.30. The van der Waals surface area contributed by atoms with Crippen LogP contribution in [0, 0.1) is 6.92 Å². The molecule has 2 rings (SSSR count). The van der Waals surface area contributed by atoms with Gasteiger partial charge in [-0.2, -0.15) is 0 Å². The van der Waals surface area contributed by atoms with Crippen molar-refractivity contribution in [3.63, 3.8) is 0 Å². The summed E-state index contributed by atoms with van der Waals surface area (Å²) in [6.07, 6.45) is 3.99. The Morgan fingerprint density at radius 3 is 2.64 bits per heavy atom. The monoisotopic (exact) mass is 300 g/mol. The Balaban J connectivity index is 2.10. The molecular formula is C16H20N4O2. The first kappa shape index (κ1) is 15.8. The minimum atomic E-state index is -0.272. The van der Waals surface area contributed by atoms with Crippen LogP contribution in [0.4, 0.5) is 11.6 Å². The van der Waals surface area contributed by atoms with Gasteiger partial charge in [-0.05, 0) is 31.0 Å². The molecule has 6 nitrogen and oxygen atoms in total. The van der Waals surface area contributed by atoms with Crippen molar-refractivity contribution in [2.45, 2.75) is 20.3 Å². The second-order valence-electron chi connectivity index (χ2n) is 4.88. The van der Waals surface area contributed by atoms with E-state index in [9.17, 15) is 4.79 Å². The van der Waals surface area contributed by atoms with E-state index in [1.807, 2.05) is 25.1 Å². The van der Waals surface area contributed by atoms with Gasteiger partial charge in [0.1, 0.15) is 5.75 Å². The maximum absolute atomic E-state index is 12.3. The molecule has 1 heterocycles. The van der Waals surface area contributed by atoms with Gasteiger partial charge in [0.05, 0.1) is 18.4 Å². The summed E-state index contributed by atoms with van der Waals surface area (Å²) in [4.78, 5) is 20.5. The van der Waals surface area contributed by atoms with Gasteiger partial charge in [0.15, 0.2) is 0 Å². The molecule has 1 aromatic heterocycles. The van der Waals surface area contributed by atoms with Crippen LogP contribution in [-0.2, 0) is 0 Å². The molecular weight excluding hydrogens is 280 g/mol. The molecule has 0 saturated heterocycles. The molecule has 0 aliphatic carbocycles. The van der Waals surface area contributed by atoms with E-state index < -0.39 is 0 Å². The minimum Gasteiger partial charge on any atom is -0.495 e. The van der Waals surface area contributed by atoms with Crippen molar-refractivity contribution in [2.75, 3.05) is 24.3 Å². The van der Waals surface area contributed by atoms with Crippen LogP contribution < -0.4 is 15.4 Å². The Morgan fingerprint density at radius 1 is 1.27 bits per heavy atom. The maximum atomic E-state index is 12.3. The van der Waals surface area contributed by atoms with Gasteiger partial charge < -0.3 is 15.4 Å². The van der Waals surface area contributed by atoms with E-state index in [1.165, 1.54) is 12.4 Å². The van der Waals surface area contributed by atoms with Crippen LogP contribution in [0.1, 0.15) is 29.3 Å². The number of hydrogen-bond donors (Lipinski definition) is 2. The number of nitrogens with one attached hydrogen (secondary N) is 2. The zero-order valence-electron chi connectivity index (χ0n) is 13.0. The number of carbonyl (C=O) groups is 1. The fraction of sp³-hybridized carbons (Fsp3) is 0.312. The summed E-state index contributed by atoms with van der Waals surface area (Å²) in [6.45, 7) is 4.81. The first-order valence-corrected chi connectivity index (χ1v) is 7.16. The lowest BCUT2D eigenvalue weighted by atomic mass is 10.2. The molecule has 6 heteroatoms. The third kappa shape index (κ3) is 3.94. The largest absolute Gasteiger partial charge is 0.495 e. The fourth-order valence-electron chi connectivity index (χ4n) is 1.89. The SMILES string of the molecule is CCCNc1ncc(C(=O)Nc2cc(C)ccc2OC)cn1. The number of hydrogen-bond acceptors (Lipinski definition) is 5. The molecule has 0 atom stereocenters. The Bertz CT molecular complexity index is 641. The lowest BCUT2D eigenvalue weighted by molar-refractivity contribution is 0.102. The van der Waals surface area contributed by atoms with Crippen molar-refractivity contribution in [3.8, 4) is 5.75 Å². The number of benzene rings is 1. The van der Waals surface area contributed by atoms with Crippen molar-refractivity contribution in [1.82, 2.24) is 9.97 Å². The summed E-state index contributed by atoms with van der Waals surface area (Å²) in [5.74, 6) is 0.860. The fourth-order valence-corrected chi connectivity index (χ4v) is 1.89. The highest BCUT2D eigenvalue weighted by Gasteiger charge is 2.11. The molecule has 0 unspecified atom stereocenters. The van der Waals surface area contributed by atoms with Gasteiger partial charge in [0.25, 0.3) is 5.91 Å². The molecule has 0 aliphatic rings. The van der Waals surface area contributed by atoms with Crippen molar-refractivity contribution in [1.29, 1.82) is 0 Å². The van der Waals surface area contributed by atoms with E-state index >= 15 is 0 Å². The molecule has 0 fully saturated rings. The van der Waals surface area contributed by atoms with Crippen LogP contribution in [0.5, 0.6) is 5.75 Å². The number of rotatable bonds is 6. The molecule has 22 heavy (non-hydrogen) atoms. The Morgan fingerprint density at radius 2 is 2.00 bits per heavy atom. The van der Waals surface area contributed by atoms with Crippen LogP contribution in [0.15, 0.2) is 30.6 Å². The summed E-state index contributed by atoms with van der Waals surface area (Å²) in [6, 6.07) is 5.60. The molecule has 1 amide bonds. The highest BCUT2D eigenvalue weighted by molar-refractivity contribution is 6.04. The summed E-state index contributed by atoms with van der Waals surface area (Å²) < 4.78 is 5.24. The summed E-state index contributed by atoms with van der Waals surface area (Å²) in [5.41, 5.74) is 2.05. The molecule has 116 valence electrons. The number of amides is 1. The quantitative estimate of drug-likeness (QED) is 0.858. The summed E-state index contributed by atoms with van der Waals surface area (Å²) >= 11 is 0. The second-order valence-corrected chi connectivity index (χ2v) is 4.88. The highest BCUT2D eigenvalue weighted by atomic mass is 16.5. The number of ether oxygens (including phenoxy) is 1. The van der Waals surface area contributed by atoms with Crippen LogP contribution in [0.2, 0.25) is 0 Å². The predicted molar refractivity (Wildman–Crippen MR) is 86.5 cm³/mol. The van der Waals surface area contributed by atoms with Crippen LogP contribution in [0.3, 0.4) is 0 Å². The molecule has 0 aliphatic heterocycles. The number of aromatic nitrogens is 2. The molecule has 2 aromatic rings. The first-order chi connectivity index (χ1) is 10.6. The molecule has 0 bridgehead atoms. The lowest BCUT2D eigenvalue weighted by Gasteiger charge is -2.11. The predicted octanol–water partition coefficient (Wildman–Crippen LogP) is 2.87. The van der Waals surface area contributed by atoms with Gasteiger partial charge >= 0.3 is 0 Å².